The third-order valence-electron chi connectivity index (χ3n) is 2.24. The highest BCUT2D eigenvalue weighted by molar-refractivity contribution is 5.85. The van der Waals surface area contributed by atoms with Gasteiger partial charge in [0.05, 0.1) is 12.5 Å². The van der Waals surface area contributed by atoms with Crippen LogP contribution < -0.4 is 5.32 Å². The molecular formula is C10H13NO4. The van der Waals surface area contributed by atoms with Crippen LogP contribution in [0.4, 0.5) is 0 Å². The van der Waals surface area contributed by atoms with Crippen LogP contribution in [0.5, 0.6) is 0 Å². The lowest BCUT2D eigenvalue weighted by Crippen LogP contribution is -2.43. The van der Waals surface area contributed by atoms with Gasteiger partial charge in [-0.2, -0.15) is 0 Å². The molecule has 0 spiro atoms. The predicted molar refractivity (Wildman–Crippen MR) is 51.9 cm³/mol. The van der Waals surface area contributed by atoms with Gasteiger partial charge in [0.25, 0.3) is 0 Å². The van der Waals surface area contributed by atoms with Gasteiger partial charge in [0.15, 0.2) is 0 Å². The second kappa shape index (κ2) is 5.37. The summed E-state index contributed by atoms with van der Waals surface area (Å²) in [5, 5.41) is 11.2. The monoisotopic (exact) mass is 211 g/mol. The summed E-state index contributed by atoms with van der Waals surface area (Å²) in [6.07, 6.45) is 5.63. The van der Waals surface area contributed by atoms with Gasteiger partial charge in [-0.05, 0) is 6.42 Å². The topological polar surface area (TPSA) is 75.6 Å². The number of carbonyl (C=O) groups is 2. The number of hydrogen-bond donors (Lipinski definition) is 2. The van der Waals surface area contributed by atoms with Gasteiger partial charge in [0.2, 0.25) is 5.91 Å². The molecule has 0 bridgehead atoms. The first-order chi connectivity index (χ1) is 7.15. The van der Waals surface area contributed by atoms with E-state index in [1.54, 1.807) is 0 Å². The summed E-state index contributed by atoms with van der Waals surface area (Å²) in [5.41, 5.74) is 0. The summed E-state index contributed by atoms with van der Waals surface area (Å²) >= 11 is 0. The lowest BCUT2D eigenvalue weighted by atomic mass is 10.1. The predicted octanol–water partition coefficient (Wildman–Crippen LogP) is -0.384. The molecule has 1 fully saturated rings. The zero-order chi connectivity index (χ0) is 11.3. The fourth-order valence-corrected chi connectivity index (χ4v) is 1.35. The Morgan fingerprint density at radius 3 is 2.87 bits per heavy atom. The molecule has 0 aromatic rings. The Bertz CT molecular complexity index is 288. The van der Waals surface area contributed by atoms with Crippen molar-refractivity contribution >= 4 is 11.9 Å². The summed E-state index contributed by atoms with van der Waals surface area (Å²) in [5.74, 6) is 0.565. The van der Waals surface area contributed by atoms with Gasteiger partial charge in [-0.3, -0.25) is 4.79 Å². The highest BCUT2D eigenvalue weighted by atomic mass is 16.5. The fourth-order valence-electron chi connectivity index (χ4n) is 1.35. The Kier molecular flexibility index (Phi) is 4.13. The molecule has 1 aliphatic heterocycles. The van der Waals surface area contributed by atoms with Gasteiger partial charge in [-0.1, -0.05) is 0 Å². The molecule has 0 aromatic heterocycles. The Balaban J connectivity index is 2.46. The van der Waals surface area contributed by atoms with E-state index in [0.717, 1.165) is 0 Å². The molecule has 0 aromatic carbocycles. The van der Waals surface area contributed by atoms with Crippen LogP contribution in [-0.4, -0.2) is 36.2 Å². The largest absolute Gasteiger partial charge is 0.480 e. The number of rotatable bonds is 4. The first-order valence-electron chi connectivity index (χ1n) is 4.69. The minimum Gasteiger partial charge on any atom is -0.480 e. The maximum absolute atomic E-state index is 11.5. The Labute approximate surface area is 87.8 Å². The van der Waals surface area contributed by atoms with Gasteiger partial charge in [-0.25, -0.2) is 4.79 Å². The second-order valence-corrected chi connectivity index (χ2v) is 3.37. The standard InChI is InChI=1S/C10H13NO4/c1-2-3-8(10(13)14)11-9(12)7-4-5-15-6-7/h1,7-8H,3-6H2,(H,11,12)(H,13,14)/t7-,8+/m1/s1. The first-order valence-corrected chi connectivity index (χ1v) is 4.69. The van der Waals surface area contributed by atoms with E-state index in [9.17, 15) is 9.59 Å². The Morgan fingerprint density at radius 2 is 2.40 bits per heavy atom. The highest BCUT2D eigenvalue weighted by Crippen LogP contribution is 2.12. The minimum atomic E-state index is -1.11. The van der Waals surface area contributed by atoms with E-state index in [0.29, 0.717) is 19.6 Å². The zero-order valence-corrected chi connectivity index (χ0v) is 8.23. The number of carboxylic acids is 1. The van der Waals surface area contributed by atoms with Crippen molar-refractivity contribution in [3.05, 3.63) is 0 Å². The third-order valence-corrected chi connectivity index (χ3v) is 2.24. The zero-order valence-electron chi connectivity index (χ0n) is 8.23. The molecule has 5 heteroatoms. The van der Waals surface area contributed by atoms with Crippen LogP contribution in [0.25, 0.3) is 0 Å². The van der Waals surface area contributed by atoms with E-state index >= 15 is 0 Å². The maximum atomic E-state index is 11.5. The SMILES string of the molecule is C#CC[C@H](NC(=O)[C@@H]1CCOC1)C(=O)O. The number of nitrogens with one attached hydrogen (secondary N) is 1. The number of aliphatic carboxylic acids is 1. The molecule has 1 aliphatic rings. The van der Waals surface area contributed by atoms with Crippen LogP contribution in [0, 0.1) is 18.3 Å². The lowest BCUT2D eigenvalue weighted by molar-refractivity contribution is -0.142. The number of carbonyl (C=O) groups excluding carboxylic acids is 1. The minimum absolute atomic E-state index is 0.00531. The summed E-state index contributed by atoms with van der Waals surface area (Å²) in [7, 11) is 0. The average Bonchev–Trinajstić information content (AvgIpc) is 2.69. The molecule has 82 valence electrons. The summed E-state index contributed by atoms with van der Waals surface area (Å²) < 4.78 is 5.03. The molecule has 1 saturated heterocycles. The van der Waals surface area contributed by atoms with E-state index < -0.39 is 12.0 Å². The first kappa shape index (κ1) is 11.5. The van der Waals surface area contributed by atoms with Gasteiger partial charge >= 0.3 is 5.97 Å². The van der Waals surface area contributed by atoms with Gasteiger partial charge in [-0.15, -0.1) is 12.3 Å². The molecule has 0 unspecified atom stereocenters. The maximum Gasteiger partial charge on any atom is 0.327 e. The molecule has 0 aliphatic carbocycles. The number of carboxylic acid groups (broad SMARTS) is 1. The van der Waals surface area contributed by atoms with Crippen molar-refractivity contribution in [1.29, 1.82) is 0 Å². The normalized spacial score (nSPS) is 21.7. The summed E-state index contributed by atoms with van der Waals surface area (Å²) in [4.78, 5) is 22.2. The lowest BCUT2D eigenvalue weighted by Gasteiger charge is -2.14. The van der Waals surface area contributed by atoms with Crippen LogP contribution in [0.3, 0.4) is 0 Å². The quantitative estimate of drug-likeness (QED) is 0.621. The van der Waals surface area contributed by atoms with Crippen LogP contribution in [-0.2, 0) is 14.3 Å². The molecule has 0 radical (unpaired) electrons. The molecule has 1 heterocycles. The van der Waals surface area contributed by atoms with Gasteiger partial charge in [0.1, 0.15) is 6.04 Å². The number of hydrogen-bond acceptors (Lipinski definition) is 3. The smallest absolute Gasteiger partial charge is 0.327 e. The van der Waals surface area contributed by atoms with Crippen molar-refractivity contribution in [2.75, 3.05) is 13.2 Å². The number of amides is 1. The van der Waals surface area contributed by atoms with E-state index in [2.05, 4.69) is 11.2 Å². The molecule has 0 saturated carbocycles. The van der Waals surface area contributed by atoms with E-state index in [1.807, 2.05) is 0 Å². The fraction of sp³-hybridized carbons (Fsp3) is 0.600. The van der Waals surface area contributed by atoms with Crippen molar-refractivity contribution in [2.24, 2.45) is 5.92 Å². The third kappa shape index (κ3) is 3.26. The average molecular weight is 211 g/mol. The van der Waals surface area contributed by atoms with E-state index in [-0.39, 0.29) is 18.2 Å². The summed E-state index contributed by atoms with van der Waals surface area (Å²) in [6, 6.07) is -0.997. The van der Waals surface area contributed by atoms with Crippen LogP contribution in [0.1, 0.15) is 12.8 Å². The molecule has 2 atom stereocenters. The highest BCUT2D eigenvalue weighted by Gasteiger charge is 2.27. The van der Waals surface area contributed by atoms with Crippen LogP contribution >= 0.6 is 0 Å². The molecular weight excluding hydrogens is 198 g/mol. The molecule has 1 rings (SSSR count). The molecule has 1 amide bonds. The molecule has 5 nitrogen and oxygen atoms in total. The van der Waals surface area contributed by atoms with Crippen LogP contribution in [0.2, 0.25) is 0 Å². The van der Waals surface area contributed by atoms with E-state index in [1.165, 1.54) is 0 Å². The van der Waals surface area contributed by atoms with Crippen molar-refractivity contribution in [3.63, 3.8) is 0 Å². The molecule has 2 N–H and O–H groups in total. The number of terminal acetylenes is 1. The summed E-state index contributed by atoms with van der Waals surface area (Å²) in [6.45, 7) is 0.902. The van der Waals surface area contributed by atoms with Gasteiger partial charge in [0, 0.05) is 13.0 Å². The Hall–Kier alpha value is -1.54. The second-order valence-electron chi connectivity index (χ2n) is 3.37. The van der Waals surface area contributed by atoms with Crippen LogP contribution in [0.15, 0.2) is 0 Å². The Morgan fingerprint density at radius 1 is 1.67 bits per heavy atom. The van der Waals surface area contributed by atoms with Crippen molar-refractivity contribution in [3.8, 4) is 12.3 Å². The van der Waals surface area contributed by atoms with Crippen molar-refractivity contribution in [1.82, 2.24) is 5.32 Å². The van der Waals surface area contributed by atoms with Gasteiger partial charge < -0.3 is 15.2 Å². The number of ether oxygens (including phenoxy) is 1. The molecule has 15 heavy (non-hydrogen) atoms. The van der Waals surface area contributed by atoms with E-state index in [4.69, 9.17) is 16.3 Å². The van der Waals surface area contributed by atoms with Crippen molar-refractivity contribution < 1.29 is 19.4 Å². The van der Waals surface area contributed by atoms with Crippen molar-refractivity contribution in [2.45, 2.75) is 18.9 Å².